The fourth-order valence-electron chi connectivity index (χ4n) is 3.88. The Morgan fingerprint density at radius 2 is 1.93 bits per heavy atom. The Morgan fingerprint density at radius 3 is 2.71 bits per heavy atom. The zero-order valence-electron chi connectivity index (χ0n) is 15.1. The maximum Gasteiger partial charge on any atom is 0.347 e. The number of nitrogens with zero attached hydrogens (tertiary/aromatic N) is 5. The number of piperidine rings is 1. The summed E-state index contributed by atoms with van der Waals surface area (Å²) in [5, 5.41) is 9.85. The van der Waals surface area contributed by atoms with Gasteiger partial charge in [0.25, 0.3) is 5.91 Å². The number of nitrogens with one attached hydrogen (secondary N) is 2. The highest BCUT2D eigenvalue weighted by Crippen LogP contribution is 2.28. The van der Waals surface area contributed by atoms with E-state index in [0.29, 0.717) is 24.3 Å². The predicted molar refractivity (Wildman–Crippen MR) is 102 cm³/mol. The van der Waals surface area contributed by atoms with Gasteiger partial charge < -0.3 is 4.90 Å². The Labute approximate surface area is 159 Å². The Morgan fingerprint density at radius 1 is 1.14 bits per heavy atom. The summed E-state index contributed by atoms with van der Waals surface area (Å²) in [7, 11) is 0. The minimum absolute atomic E-state index is 0.0293. The Balaban J connectivity index is 1.35. The number of H-pyrrole nitrogens is 2. The lowest BCUT2D eigenvalue weighted by Gasteiger charge is -2.31. The van der Waals surface area contributed by atoms with Crippen LogP contribution in [0.25, 0.3) is 11.3 Å². The molecule has 0 atom stereocenters. The summed E-state index contributed by atoms with van der Waals surface area (Å²) in [6.07, 6.45) is 6.63. The van der Waals surface area contributed by atoms with Crippen molar-refractivity contribution in [2.75, 3.05) is 13.1 Å². The van der Waals surface area contributed by atoms with Gasteiger partial charge in [0.05, 0.1) is 5.69 Å². The molecule has 4 aromatic rings. The van der Waals surface area contributed by atoms with E-state index >= 15 is 0 Å². The van der Waals surface area contributed by atoms with Crippen LogP contribution in [0.2, 0.25) is 0 Å². The van der Waals surface area contributed by atoms with Gasteiger partial charge >= 0.3 is 5.69 Å². The smallest absolute Gasteiger partial charge is 0.338 e. The summed E-state index contributed by atoms with van der Waals surface area (Å²) in [5.41, 5.74) is 1.76. The van der Waals surface area contributed by atoms with Gasteiger partial charge in [0.2, 0.25) is 0 Å². The molecule has 1 fully saturated rings. The molecule has 142 valence electrons. The van der Waals surface area contributed by atoms with E-state index in [-0.39, 0.29) is 17.5 Å². The highest BCUT2D eigenvalue weighted by Gasteiger charge is 2.29. The minimum atomic E-state index is -0.242. The molecule has 0 spiro atoms. The molecule has 0 aliphatic carbocycles. The molecular weight excluding hydrogens is 358 g/mol. The normalized spacial score (nSPS) is 15.4. The van der Waals surface area contributed by atoms with Crippen LogP contribution in [0.4, 0.5) is 0 Å². The fraction of sp³-hybridized carbons (Fsp3) is 0.263. The van der Waals surface area contributed by atoms with Crippen molar-refractivity contribution >= 4 is 11.6 Å². The summed E-state index contributed by atoms with van der Waals surface area (Å²) in [4.78, 5) is 31.2. The van der Waals surface area contributed by atoms with E-state index in [2.05, 4.69) is 20.3 Å². The molecule has 1 aliphatic heterocycles. The van der Waals surface area contributed by atoms with Gasteiger partial charge in [-0.2, -0.15) is 5.10 Å². The molecule has 9 heteroatoms. The maximum atomic E-state index is 12.9. The van der Waals surface area contributed by atoms with Crippen molar-refractivity contribution in [3.05, 3.63) is 70.8 Å². The van der Waals surface area contributed by atoms with Gasteiger partial charge in [0, 0.05) is 37.6 Å². The van der Waals surface area contributed by atoms with E-state index in [1.807, 2.05) is 35.2 Å². The molecule has 1 amide bonds. The van der Waals surface area contributed by atoms with Crippen LogP contribution in [0.1, 0.15) is 34.9 Å². The average Bonchev–Trinajstić information content (AvgIpc) is 3.44. The lowest BCUT2D eigenvalue weighted by molar-refractivity contribution is 0.0712. The summed E-state index contributed by atoms with van der Waals surface area (Å²) in [6.45, 7) is 1.22. The summed E-state index contributed by atoms with van der Waals surface area (Å²) < 4.78 is 3.35. The Bertz CT molecular complexity index is 1180. The van der Waals surface area contributed by atoms with E-state index in [1.165, 1.54) is 0 Å². The first-order chi connectivity index (χ1) is 13.7. The first kappa shape index (κ1) is 16.5. The molecule has 0 saturated carbocycles. The number of aromatic nitrogens is 6. The van der Waals surface area contributed by atoms with Gasteiger partial charge in [0.1, 0.15) is 11.4 Å². The number of hydrogen-bond acceptors (Lipinski definition) is 4. The monoisotopic (exact) mass is 377 g/mol. The number of aromatic amines is 2. The van der Waals surface area contributed by atoms with Crippen LogP contribution in [-0.4, -0.2) is 53.3 Å². The molecule has 0 radical (unpaired) electrons. The number of imidazole rings is 1. The van der Waals surface area contributed by atoms with Crippen molar-refractivity contribution in [3.8, 4) is 5.69 Å². The highest BCUT2D eigenvalue weighted by molar-refractivity contribution is 5.99. The predicted octanol–water partition coefficient (Wildman–Crippen LogP) is 1.56. The van der Waals surface area contributed by atoms with E-state index in [1.54, 1.807) is 27.7 Å². The van der Waals surface area contributed by atoms with E-state index < -0.39 is 0 Å². The van der Waals surface area contributed by atoms with Crippen LogP contribution in [0.3, 0.4) is 0 Å². The second-order valence-corrected chi connectivity index (χ2v) is 6.93. The first-order valence-electron chi connectivity index (χ1n) is 9.25. The average molecular weight is 377 g/mol. The Hall–Kier alpha value is -3.62. The van der Waals surface area contributed by atoms with Gasteiger partial charge in [-0.3, -0.25) is 9.89 Å². The van der Waals surface area contributed by atoms with Crippen molar-refractivity contribution in [2.45, 2.75) is 18.8 Å². The van der Waals surface area contributed by atoms with Crippen LogP contribution in [0.5, 0.6) is 0 Å². The molecule has 9 nitrogen and oxygen atoms in total. The van der Waals surface area contributed by atoms with Crippen molar-refractivity contribution in [1.82, 2.24) is 34.3 Å². The number of benzene rings is 1. The van der Waals surface area contributed by atoms with Crippen molar-refractivity contribution < 1.29 is 4.79 Å². The molecular formula is C19H19N7O2. The van der Waals surface area contributed by atoms with Crippen molar-refractivity contribution in [1.29, 1.82) is 0 Å². The molecule has 1 aliphatic rings. The molecule has 1 saturated heterocycles. The quantitative estimate of drug-likeness (QED) is 0.565. The highest BCUT2D eigenvalue weighted by atomic mass is 16.2. The third kappa shape index (κ3) is 2.63. The topological polar surface area (TPSA) is 104 Å². The third-order valence-corrected chi connectivity index (χ3v) is 5.32. The van der Waals surface area contributed by atoms with E-state index in [9.17, 15) is 9.59 Å². The zero-order chi connectivity index (χ0) is 19.1. The van der Waals surface area contributed by atoms with E-state index in [0.717, 1.165) is 24.4 Å². The number of carbonyl (C=O) groups excluding carboxylic acids is 1. The lowest BCUT2D eigenvalue weighted by atomic mass is 9.95. The zero-order valence-corrected chi connectivity index (χ0v) is 15.1. The molecule has 2 N–H and O–H groups in total. The van der Waals surface area contributed by atoms with Gasteiger partial charge in [-0.05, 0) is 25.0 Å². The summed E-state index contributed by atoms with van der Waals surface area (Å²) >= 11 is 0. The number of likely N-dealkylation sites (tertiary alicyclic amines) is 1. The number of fused-ring (bicyclic) bond motifs is 1. The van der Waals surface area contributed by atoms with Crippen LogP contribution in [0, 0.1) is 0 Å². The first-order valence-corrected chi connectivity index (χ1v) is 9.25. The molecule has 28 heavy (non-hydrogen) atoms. The van der Waals surface area contributed by atoms with Crippen molar-refractivity contribution in [2.24, 2.45) is 0 Å². The summed E-state index contributed by atoms with van der Waals surface area (Å²) in [6, 6.07) is 9.48. The van der Waals surface area contributed by atoms with Gasteiger partial charge in [-0.25, -0.2) is 24.0 Å². The number of para-hydroxylation sites is 1. The van der Waals surface area contributed by atoms with Crippen molar-refractivity contribution in [3.63, 3.8) is 0 Å². The largest absolute Gasteiger partial charge is 0.347 e. The Kier molecular flexibility index (Phi) is 3.85. The molecule has 0 unspecified atom stereocenters. The molecule has 1 aromatic carbocycles. The van der Waals surface area contributed by atoms with E-state index in [4.69, 9.17) is 0 Å². The minimum Gasteiger partial charge on any atom is -0.338 e. The van der Waals surface area contributed by atoms with Crippen LogP contribution < -0.4 is 5.69 Å². The SMILES string of the molecule is O=C(c1c[nH]n2ccnc12)N1CCC(c2n[nH]c(=O)n2-c2ccccc2)CC1. The van der Waals surface area contributed by atoms with Crippen LogP contribution in [-0.2, 0) is 0 Å². The van der Waals surface area contributed by atoms with Gasteiger partial charge in [-0.1, -0.05) is 18.2 Å². The van der Waals surface area contributed by atoms with Crippen LogP contribution in [0.15, 0.2) is 53.7 Å². The number of hydrogen-bond donors (Lipinski definition) is 2. The number of carbonyl (C=O) groups is 1. The second-order valence-electron chi connectivity index (χ2n) is 6.93. The molecule has 3 aromatic heterocycles. The molecule has 5 rings (SSSR count). The molecule has 0 bridgehead atoms. The van der Waals surface area contributed by atoms with Gasteiger partial charge in [0.15, 0.2) is 5.65 Å². The summed E-state index contributed by atoms with van der Waals surface area (Å²) in [5.74, 6) is 0.805. The standard InChI is InChI=1S/C19H19N7O2/c27-18(15-12-21-25-11-8-20-17(15)25)24-9-6-13(7-10-24)16-22-23-19(28)26(16)14-4-2-1-3-5-14/h1-5,8,11-13,21H,6-7,9-10H2,(H,23,28). The third-order valence-electron chi connectivity index (χ3n) is 5.32. The van der Waals surface area contributed by atoms with Gasteiger partial charge in [-0.15, -0.1) is 0 Å². The second kappa shape index (κ2) is 6.52. The fourth-order valence-corrected chi connectivity index (χ4v) is 3.88. The lowest BCUT2D eigenvalue weighted by Crippen LogP contribution is -2.38. The van der Waals surface area contributed by atoms with Crippen LogP contribution >= 0.6 is 0 Å². The molecule has 4 heterocycles. The number of rotatable bonds is 3. The number of amides is 1. The maximum absolute atomic E-state index is 12.9.